The molecule has 1 aliphatic rings. The van der Waals surface area contributed by atoms with Crippen LogP contribution < -0.4 is 24.3 Å². The van der Waals surface area contributed by atoms with Crippen molar-refractivity contribution in [2.45, 2.75) is 51.5 Å². The van der Waals surface area contributed by atoms with Crippen LogP contribution in [0.3, 0.4) is 0 Å². The van der Waals surface area contributed by atoms with E-state index in [0.29, 0.717) is 17.2 Å². The SMILES string of the molecule is CCOc1cc(Oc2ccc(C(F)(F)F)cc2Cl)ccc1[N+](=O)[O-].CON(C)C(=O)Nc1ccc(Oc2ccc3c(c2)OC(C)(OC)CC3(C)C)cc1. The molecule has 0 radical (unpaired) electrons. The third kappa shape index (κ3) is 10.4. The molecule has 53 heavy (non-hydrogen) atoms. The Balaban J connectivity index is 0.000000241. The Labute approximate surface area is 309 Å². The zero-order valence-corrected chi connectivity index (χ0v) is 30.8. The third-order valence-electron chi connectivity index (χ3n) is 8.02. The molecule has 0 bridgehead atoms. The fourth-order valence-electron chi connectivity index (χ4n) is 5.38. The van der Waals surface area contributed by atoms with E-state index in [1.165, 1.54) is 32.4 Å². The number of hydrogen-bond donors (Lipinski definition) is 1. The lowest BCUT2D eigenvalue weighted by Gasteiger charge is -2.43. The van der Waals surface area contributed by atoms with Crippen LogP contribution in [0.25, 0.3) is 0 Å². The summed E-state index contributed by atoms with van der Waals surface area (Å²) in [6, 6.07) is 19.0. The summed E-state index contributed by atoms with van der Waals surface area (Å²) in [5.74, 6) is 1.51. The van der Waals surface area contributed by atoms with Gasteiger partial charge in [-0.25, -0.2) is 9.86 Å². The topological polar surface area (TPSA) is 131 Å². The van der Waals surface area contributed by atoms with E-state index in [0.717, 1.165) is 41.0 Å². The van der Waals surface area contributed by atoms with E-state index in [1.807, 2.05) is 25.1 Å². The van der Waals surface area contributed by atoms with Crippen LogP contribution >= 0.6 is 11.6 Å². The zero-order chi connectivity index (χ0) is 39.1. The molecule has 16 heteroatoms. The van der Waals surface area contributed by atoms with Crippen LogP contribution in [0.2, 0.25) is 5.02 Å². The number of urea groups is 1. The molecule has 12 nitrogen and oxygen atoms in total. The molecule has 1 atom stereocenters. The van der Waals surface area contributed by atoms with Gasteiger partial charge in [0.15, 0.2) is 0 Å². The van der Waals surface area contributed by atoms with Gasteiger partial charge in [-0.15, -0.1) is 0 Å². The first kappa shape index (κ1) is 40.5. The molecule has 284 valence electrons. The van der Waals surface area contributed by atoms with E-state index in [2.05, 4.69) is 19.2 Å². The number of alkyl halides is 3. The van der Waals surface area contributed by atoms with Crippen molar-refractivity contribution >= 4 is 29.0 Å². The predicted octanol–water partition coefficient (Wildman–Crippen LogP) is 10.4. The summed E-state index contributed by atoms with van der Waals surface area (Å²) in [7, 11) is 4.61. The molecule has 0 saturated carbocycles. The summed E-state index contributed by atoms with van der Waals surface area (Å²) in [5, 5.41) is 14.5. The normalized spacial score (nSPS) is 15.8. The smallest absolute Gasteiger partial charge is 0.416 e. The van der Waals surface area contributed by atoms with Gasteiger partial charge < -0.3 is 29.0 Å². The lowest BCUT2D eigenvalue weighted by atomic mass is 9.76. The molecule has 2 amide bonds. The number of methoxy groups -OCH3 is 1. The first-order valence-electron chi connectivity index (χ1n) is 16.1. The number of fused-ring (bicyclic) bond motifs is 1. The molecule has 0 aromatic heterocycles. The minimum absolute atomic E-state index is 0.0111. The molecule has 5 rings (SSSR count). The van der Waals surface area contributed by atoms with Crippen molar-refractivity contribution in [2.75, 3.05) is 33.2 Å². The number of hydrogen-bond acceptors (Lipinski definition) is 9. The number of rotatable bonds is 10. The molecule has 0 spiro atoms. The number of carbonyl (C=O) groups excluding carboxylic acids is 1. The van der Waals surface area contributed by atoms with Crippen molar-refractivity contribution in [1.29, 1.82) is 0 Å². The highest BCUT2D eigenvalue weighted by molar-refractivity contribution is 6.32. The largest absolute Gasteiger partial charge is 0.487 e. The maximum Gasteiger partial charge on any atom is 0.416 e. The molecule has 0 saturated heterocycles. The lowest BCUT2D eigenvalue weighted by molar-refractivity contribution is -0.385. The number of nitro benzene ring substituents is 1. The monoisotopic (exact) mass is 761 g/mol. The van der Waals surface area contributed by atoms with Gasteiger partial charge in [0.2, 0.25) is 11.5 Å². The highest BCUT2D eigenvalue weighted by atomic mass is 35.5. The fraction of sp³-hybridized carbons (Fsp3) is 0.324. The summed E-state index contributed by atoms with van der Waals surface area (Å²) in [6.45, 7) is 8.16. The summed E-state index contributed by atoms with van der Waals surface area (Å²) < 4.78 is 66.1. The van der Waals surface area contributed by atoms with Crippen LogP contribution in [0.4, 0.5) is 29.3 Å². The standard InChI is InChI=1S/C22H28N2O5.C15H11ClF3NO4/c1-21(2)14-22(3,26-5)29-19-13-17(11-12-18(19)21)28-16-9-7-15(8-10-16)23-20(25)24(4)27-6;1-2-23-14-8-10(4-5-12(14)20(21)22)24-13-6-3-9(7-11(13)16)15(17,18)19/h7-13H,14H2,1-6H3,(H,23,25);3-8H,2H2,1H3. The number of ether oxygens (including phenoxy) is 5. The van der Waals surface area contributed by atoms with Crippen LogP contribution in [0.15, 0.2) is 78.9 Å². The number of nitrogens with zero attached hydrogens (tertiary/aromatic N) is 2. The Hall–Kier alpha value is -5.25. The molecule has 1 heterocycles. The van der Waals surface area contributed by atoms with E-state index >= 15 is 0 Å². The van der Waals surface area contributed by atoms with Gasteiger partial charge in [-0.3, -0.25) is 15.0 Å². The maximum atomic E-state index is 12.6. The molecule has 1 aliphatic heterocycles. The molecule has 4 aromatic rings. The van der Waals surface area contributed by atoms with Gasteiger partial charge in [0.25, 0.3) is 0 Å². The van der Waals surface area contributed by atoms with Crippen LogP contribution in [-0.2, 0) is 21.2 Å². The maximum absolute atomic E-state index is 12.6. The number of nitro groups is 1. The van der Waals surface area contributed by atoms with Gasteiger partial charge in [-0.2, -0.15) is 13.2 Å². The average molecular weight is 762 g/mol. The first-order chi connectivity index (χ1) is 24.9. The van der Waals surface area contributed by atoms with Gasteiger partial charge in [0, 0.05) is 57.0 Å². The molecular weight excluding hydrogens is 723 g/mol. The minimum atomic E-state index is -4.52. The van der Waals surface area contributed by atoms with E-state index < -0.39 is 22.5 Å². The van der Waals surface area contributed by atoms with Crippen molar-refractivity contribution in [3.05, 3.63) is 105 Å². The number of halogens is 4. The Kier molecular flexibility index (Phi) is 12.7. The summed E-state index contributed by atoms with van der Waals surface area (Å²) in [5.41, 5.74) is 0.533. The number of hydroxylamine groups is 2. The number of amides is 2. The quantitative estimate of drug-likeness (QED) is 0.124. The van der Waals surface area contributed by atoms with Gasteiger partial charge in [-0.1, -0.05) is 31.5 Å². The molecule has 4 aromatic carbocycles. The van der Waals surface area contributed by atoms with Gasteiger partial charge >= 0.3 is 17.9 Å². The fourth-order valence-corrected chi connectivity index (χ4v) is 5.60. The molecule has 0 fully saturated rings. The highest BCUT2D eigenvalue weighted by Gasteiger charge is 2.42. The van der Waals surface area contributed by atoms with E-state index in [1.54, 1.807) is 38.3 Å². The Morgan fingerprint density at radius 1 is 0.943 bits per heavy atom. The summed E-state index contributed by atoms with van der Waals surface area (Å²) in [6.07, 6.45) is -3.76. The van der Waals surface area contributed by atoms with Crippen LogP contribution in [-0.4, -0.2) is 49.7 Å². The lowest BCUT2D eigenvalue weighted by Crippen LogP contribution is -2.45. The van der Waals surface area contributed by atoms with Gasteiger partial charge in [-0.05, 0) is 66.9 Å². The van der Waals surface area contributed by atoms with Crippen LogP contribution in [0.5, 0.6) is 34.5 Å². The number of nitrogens with one attached hydrogen (secondary N) is 1. The van der Waals surface area contributed by atoms with Crippen LogP contribution in [0, 0.1) is 10.1 Å². The summed E-state index contributed by atoms with van der Waals surface area (Å²) in [4.78, 5) is 27.0. The van der Waals surface area contributed by atoms with Crippen molar-refractivity contribution in [3.8, 4) is 34.5 Å². The summed E-state index contributed by atoms with van der Waals surface area (Å²) >= 11 is 5.80. The van der Waals surface area contributed by atoms with Crippen molar-refractivity contribution in [3.63, 3.8) is 0 Å². The zero-order valence-electron chi connectivity index (χ0n) is 30.0. The van der Waals surface area contributed by atoms with E-state index in [4.69, 9.17) is 40.1 Å². The molecule has 1 N–H and O–H groups in total. The molecule has 0 aliphatic carbocycles. The average Bonchev–Trinajstić information content (AvgIpc) is 3.09. The van der Waals surface area contributed by atoms with Crippen molar-refractivity contribution < 1.29 is 51.4 Å². The Morgan fingerprint density at radius 3 is 2.17 bits per heavy atom. The molecular formula is C37H39ClF3N3O9. The number of anilines is 1. The number of carbonyl (C=O) groups is 1. The second-order valence-electron chi connectivity index (χ2n) is 12.5. The Morgan fingerprint density at radius 2 is 1.58 bits per heavy atom. The predicted molar refractivity (Wildman–Crippen MR) is 191 cm³/mol. The van der Waals surface area contributed by atoms with Gasteiger partial charge in [0.05, 0.1) is 29.2 Å². The first-order valence-corrected chi connectivity index (χ1v) is 16.5. The van der Waals surface area contributed by atoms with Crippen LogP contribution in [0.1, 0.15) is 45.2 Å². The third-order valence-corrected chi connectivity index (χ3v) is 8.31. The van der Waals surface area contributed by atoms with E-state index in [-0.39, 0.29) is 46.0 Å². The highest BCUT2D eigenvalue weighted by Crippen LogP contribution is 2.46. The van der Waals surface area contributed by atoms with Crippen molar-refractivity contribution in [1.82, 2.24) is 5.06 Å². The van der Waals surface area contributed by atoms with Gasteiger partial charge in [0.1, 0.15) is 28.7 Å². The van der Waals surface area contributed by atoms with E-state index in [9.17, 15) is 28.1 Å². The Bertz CT molecular complexity index is 1930. The second-order valence-corrected chi connectivity index (χ2v) is 12.9. The van der Waals surface area contributed by atoms with Crippen molar-refractivity contribution in [2.24, 2.45) is 0 Å². The number of benzene rings is 4. The second kappa shape index (κ2) is 16.6. The molecule has 1 unspecified atom stereocenters. The minimum Gasteiger partial charge on any atom is -0.487 e.